The van der Waals surface area contributed by atoms with Gasteiger partial charge in [-0.2, -0.15) is 0 Å². The van der Waals surface area contributed by atoms with E-state index in [0.29, 0.717) is 6.61 Å². The molecule has 0 radical (unpaired) electrons. The summed E-state index contributed by atoms with van der Waals surface area (Å²) in [6.45, 7) is 1.66. The first-order valence-corrected chi connectivity index (χ1v) is 5.78. The predicted octanol–water partition coefficient (Wildman–Crippen LogP) is -1.30. The fourth-order valence-electron chi connectivity index (χ4n) is 1.79. The molecule has 4 atom stereocenters. The van der Waals surface area contributed by atoms with Crippen LogP contribution >= 0.6 is 0 Å². The highest BCUT2D eigenvalue weighted by atomic mass is 16.6. The summed E-state index contributed by atoms with van der Waals surface area (Å²) in [7, 11) is 1.53. The molecule has 1 aliphatic rings. The quantitative estimate of drug-likeness (QED) is 0.455. The average Bonchev–Trinajstić information content (AvgIpc) is 2.32. The number of carbonyl (C=O) groups is 1. The molecular weight excluding hydrogens is 244 g/mol. The molecule has 1 heterocycles. The lowest BCUT2D eigenvalue weighted by Crippen LogP contribution is -2.56. The Balaban J connectivity index is 2.61. The first-order chi connectivity index (χ1) is 8.60. The van der Waals surface area contributed by atoms with Crippen LogP contribution in [0.1, 0.15) is 6.92 Å². The van der Waals surface area contributed by atoms with Crippen LogP contribution < -0.4 is 0 Å². The highest BCUT2D eigenvalue weighted by molar-refractivity contribution is 5.66. The summed E-state index contributed by atoms with van der Waals surface area (Å²) in [6, 6.07) is 0. The molecule has 1 aliphatic heterocycles. The number of aliphatic hydroxyl groups excluding tert-OH is 2. The Bertz CT molecular complexity index is 258. The van der Waals surface area contributed by atoms with Crippen molar-refractivity contribution in [2.24, 2.45) is 0 Å². The summed E-state index contributed by atoms with van der Waals surface area (Å²) >= 11 is 0. The average molecular weight is 264 g/mol. The molecule has 0 spiro atoms. The van der Waals surface area contributed by atoms with Gasteiger partial charge in [0, 0.05) is 14.0 Å². The Kier molecular flexibility index (Phi) is 6.51. The van der Waals surface area contributed by atoms with Gasteiger partial charge in [-0.25, -0.2) is 0 Å². The minimum absolute atomic E-state index is 0.0829. The first-order valence-electron chi connectivity index (χ1n) is 5.78. The van der Waals surface area contributed by atoms with E-state index in [1.54, 1.807) is 0 Å². The molecule has 0 saturated carbocycles. The second-order valence-electron chi connectivity index (χ2n) is 4.02. The lowest BCUT2D eigenvalue weighted by atomic mass is 10.00. The van der Waals surface area contributed by atoms with Crippen LogP contribution in [-0.4, -0.2) is 74.1 Å². The summed E-state index contributed by atoms with van der Waals surface area (Å²) in [5, 5.41) is 19.0. The van der Waals surface area contributed by atoms with Gasteiger partial charge in [0.15, 0.2) is 6.10 Å². The largest absolute Gasteiger partial charge is 0.457 e. The van der Waals surface area contributed by atoms with E-state index in [0.717, 1.165) is 0 Å². The molecular formula is C11H20O7. The van der Waals surface area contributed by atoms with Crippen LogP contribution in [0.4, 0.5) is 0 Å². The molecule has 0 aromatic heterocycles. The minimum atomic E-state index is -1.05. The molecule has 106 valence electrons. The lowest BCUT2D eigenvalue weighted by Gasteiger charge is -2.38. The molecule has 0 aliphatic carbocycles. The number of rotatable bonds is 6. The summed E-state index contributed by atoms with van der Waals surface area (Å²) in [5.74, 6) is -0.474. The van der Waals surface area contributed by atoms with Crippen molar-refractivity contribution in [1.29, 1.82) is 0 Å². The lowest BCUT2D eigenvalue weighted by molar-refractivity contribution is -0.223. The zero-order chi connectivity index (χ0) is 13.5. The van der Waals surface area contributed by atoms with Crippen LogP contribution in [0.3, 0.4) is 0 Å². The molecule has 0 aromatic rings. The zero-order valence-corrected chi connectivity index (χ0v) is 10.6. The Morgan fingerprint density at radius 3 is 2.72 bits per heavy atom. The summed E-state index contributed by atoms with van der Waals surface area (Å²) in [6.07, 6.45) is -3.19. The van der Waals surface area contributed by atoms with Gasteiger partial charge in [-0.3, -0.25) is 4.79 Å². The van der Waals surface area contributed by atoms with Crippen LogP contribution in [0, 0.1) is 0 Å². The van der Waals surface area contributed by atoms with Gasteiger partial charge >= 0.3 is 5.97 Å². The van der Waals surface area contributed by atoms with E-state index in [4.69, 9.17) is 24.1 Å². The van der Waals surface area contributed by atoms with Crippen LogP contribution in [0.25, 0.3) is 0 Å². The van der Waals surface area contributed by atoms with Crippen molar-refractivity contribution in [3.63, 3.8) is 0 Å². The van der Waals surface area contributed by atoms with Crippen LogP contribution in [-0.2, 0) is 23.7 Å². The maximum Gasteiger partial charge on any atom is 0.303 e. The molecule has 1 saturated heterocycles. The van der Waals surface area contributed by atoms with E-state index in [1.165, 1.54) is 14.0 Å². The van der Waals surface area contributed by atoms with Gasteiger partial charge in [-0.15, -0.1) is 0 Å². The molecule has 0 aromatic carbocycles. The number of esters is 1. The topological polar surface area (TPSA) is 94.5 Å². The zero-order valence-electron chi connectivity index (χ0n) is 10.6. The summed E-state index contributed by atoms with van der Waals surface area (Å²) in [4.78, 5) is 11.0. The second kappa shape index (κ2) is 7.65. The van der Waals surface area contributed by atoms with Crippen LogP contribution in [0.5, 0.6) is 0 Å². The normalized spacial score (nSPS) is 32.2. The highest BCUT2D eigenvalue weighted by Crippen LogP contribution is 2.20. The third-order valence-electron chi connectivity index (χ3n) is 2.65. The van der Waals surface area contributed by atoms with Crippen molar-refractivity contribution in [2.45, 2.75) is 31.3 Å². The Labute approximate surface area is 106 Å². The van der Waals surface area contributed by atoms with Crippen molar-refractivity contribution in [3.05, 3.63) is 0 Å². The van der Waals surface area contributed by atoms with E-state index in [-0.39, 0.29) is 19.8 Å². The number of carbonyl (C=O) groups excluding carboxylic acids is 1. The molecule has 18 heavy (non-hydrogen) atoms. The standard InChI is InChI=1S/C11H20O7/c1-7(13)18-9-6-17-8(5-12)10(14)11(9)16-4-3-15-2/h8-12,14H,3-6H2,1-2H3/t8-,9+,10-,11+/m1/s1. The number of hydrogen-bond acceptors (Lipinski definition) is 7. The number of methoxy groups -OCH3 is 1. The van der Waals surface area contributed by atoms with E-state index in [9.17, 15) is 9.90 Å². The molecule has 0 amide bonds. The van der Waals surface area contributed by atoms with Gasteiger partial charge in [0.1, 0.15) is 18.3 Å². The maximum absolute atomic E-state index is 11.0. The summed E-state index contributed by atoms with van der Waals surface area (Å²) < 4.78 is 20.5. The van der Waals surface area contributed by atoms with Crippen molar-refractivity contribution in [3.8, 4) is 0 Å². The Hall–Kier alpha value is -0.730. The predicted molar refractivity (Wildman–Crippen MR) is 60.0 cm³/mol. The Morgan fingerprint density at radius 2 is 2.17 bits per heavy atom. The smallest absolute Gasteiger partial charge is 0.303 e. The van der Waals surface area contributed by atoms with Gasteiger partial charge in [0.05, 0.1) is 26.4 Å². The van der Waals surface area contributed by atoms with Crippen molar-refractivity contribution in [2.75, 3.05) is 33.5 Å². The third kappa shape index (κ3) is 4.18. The fraction of sp³-hybridized carbons (Fsp3) is 0.909. The van der Waals surface area contributed by atoms with E-state index in [1.807, 2.05) is 0 Å². The van der Waals surface area contributed by atoms with Gasteiger partial charge in [-0.1, -0.05) is 0 Å². The van der Waals surface area contributed by atoms with Gasteiger partial charge < -0.3 is 29.2 Å². The maximum atomic E-state index is 11.0. The molecule has 0 bridgehead atoms. The van der Waals surface area contributed by atoms with Crippen molar-refractivity contribution >= 4 is 5.97 Å². The molecule has 2 N–H and O–H groups in total. The monoisotopic (exact) mass is 264 g/mol. The van der Waals surface area contributed by atoms with E-state index < -0.39 is 30.4 Å². The molecule has 0 unspecified atom stereocenters. The number of hydrogen-bond donors (Lipinski definition) is 2. The molecule has 7 nitrogen and oxygen atoms in total. The van der Waals surface area contributed by atoms with Gasteiger partial charge in [0.2, 0.25) is 0 Å². The number of ether oxygens (including phenoxy) is 4. The molecule has 1 fully saturated rings. The SMILES string of the molecule is COCCO[C@@H]1[C@H](O)[C@@H](CO)OC[C@@H]1OC(C)=O. The van der Waals surface area contributed by atoms with Gasteiger partial charge in [-0.05, 0) is 0 Å². The first kappa shape index (κ1) is 15.3. The summed E-state index contributed by atoms with van der Waals surface area (Å²) in [5.41, 5.74) is 0. The molecule has 7 heteroatoms. The fourth-order valence-corrected chi connectivity index (χ4v) is 1.79. The van der Waals surface area contributed by atoms with Crippen LogP contribution in [0.2, 0.25) is 0 Å². The number of aliphatic hydroxyl groups is 2. The van der Waals surface area contributed by atoms with Crippen molar-refractivity contribution in [1.82, 2.24) is 0 Å². The second-order valence-corrected chi connectivity index (χ2v) is 4.02. The van der Waals surface area contributed by atoms with Gasteiger partial charge in [0.25, 0.3) is 0 Å². The van der Waals surface area contributed by atoms with Crippen molar-refractivity contribution < 1.29 is 34.0 Å². The molecule has 1 rings (SSSR count). The van der Waals surface area contributed by atoms with E-state index >= 15 is 0 Å². The highest BCUT2D eigenvalue weighted by Gasteiger charge is 2.41. The minimum Gasteiger partial charge on any atom is -0.457 e. The van der Waals surface area contributed by atoms with E-state index in [2.05, 4.69) is 0 Å². The third-order valence-corrected chi connectivity index (χ3v) is 2.65. The Morgan fingerprint density at radius 1 is 1.44 bits per heavy atom. The van der Waals surface area contributed by atoms with Crippen LogP contribution in [0.15, 0.2) is 0 Å².